The van der Waals surface area contributed by atoms with Crippen molar-refractivity contribution in [1.29, 1.82) is 0 Å². The second-order valence-electron chi connectivity index (χ2n) is 6.83. The van der Waals surface area contributed by atoms with Gasteiger partial charge in [-0.25, -0.2) is 9.37 Å². The first kappa shape index (κ1) is 22.1. The van der Waals surface area contributed by atoms with Crippen LogP contribution >= 0.6 is 22.9 Å². The van der Waals surface area contributed by atoms with Crippen molar-refractivity contribution >= 4 is 50.5 Å². The number of morpholine rings is 1. The van der Waals surface area contributed by atoms with Crippen LogP contribution in [-0.4, -0.2) is 59.5 Å². The molecule has 12 heteroatoms. The molecule has 2 N–H and O–H groups in total. The maximum absolute atomic E-state index is 13.9. The van der Waals surface area contributed by atoms with Gasteiger partial charge in [0.25, 0.3) is 11.8 Å². The number of rotatable bonds is 6. The Morgan fingerprint density at radius 2 is 2.06 bits per heavy atom. The van der Waals surface area contributed by atoms with Gasteiger partial charge in [0, 0.05) is 24.8 Å². The number of nitrogens with zero attached hydrogens (tertiary/aromatic N) is 3. The lowest BCUT2D eigenvalue weighted by molar-refractivity contribution is 0.0306. The number of hydrogen-bond donors (Lipinski definition) is 2. The summed E-state index contributed by atoms with van der Waals surface area (Å²) in [5.74, 6) is -1.03. The second kappa shape index (κ2) is 9.59. The summed E-state index contributed by atoms with van der Waals surface area (Å²) in [5.41, 5.74) is 1.13. The molecule has 0 spiro atoms. The molecule has 168 valence electrons. The molecule has 2 aromatic heterocycles. The summed E-state index contributed by atoms with van der Waals surface area (Å²) < 4.78 is 28.4. The molecule has 0 unspecified atom stereocenters. The van der Waals surface area contributed by atoms with Gasteiger partial charge in [0.1, 0.15) is 9.88 Å². The first-order chi connectivity index (χ1) is 15.5. The zero-order valence-electron chi connectivity index (χ0n) is 17.3. The molecule has 32 heavy (non-hydrogen) atoms. The van der Waals surface area contributed by atoms with Crippen molar-refractivity contribution in [3.63, 3.8) is 0 Å². The average Bonchev–Trinajstić information content (AvgIpc) is 3.41. The largest absolute Gasteiger partial charge is 0.494 e. The number of anilines is 3. The summed E-state index contributed by atoms with van der Waals surface area (Å²) in [6.07, 6.45) is 1.51. The molecule has 3 heterocycles. The Kier molecular flexibility index (Phi) is 6.63. The van der Waals surface area contributed by atoms with Crippen molar-refractivity contribution in [3.8, 4) is 5.75 Å². The Bertz CT molecular complexity index is 1140. The van der Waals surface area contributed by atoms with Gasteiger partial charge in [-0.3, -0.25) is 9.59 Å². The summed E-state index contributed by atoms with van der Waals surface area (Å²) in [6.45, 7) is 3.84. The number of carbonyl (C=O) groups is 2. The van der Waals surface area contributed by atoms with Crippen LogP contribution in [0.2, 0.25) is 0 Å². The third-order valence-electron chi connectivity index (χ3n) is 4.73. The second-order valence-corrected chi connectivity index (χ2v) is 8.64. The highest BCUT2D eigenvalue weighted by Crippen LogP contribution is 2.31. The van der Waals surface area contributed by atoms with Gasteiger partial charge in [-0.15, -0.1) is 0 Å². The number of aryl methyl sites for hydroxylation is 1. The van der Waals surface area contributed by atoms with Crippen LogP contribution in [0.25, 0.3) is 0 Å². The first-order valence-electron chi connectivity index (χ1n) is 9.67. The van der Waals surface area contributed by atoms with E-state index in [4.69, 9.17) is 9.47 Å². The van der Waals surface area contributed by atoms with Crippen LogP contribution < -0.4 is 15.4 Å². The Balaban J connectivity index is 1.48. The highest BCUT2D eigenvalue weighted by molar-refractivity contribution is 7.18. The molecular formula is C20H20FN5O4S2. The molecule has 1 saturated heterocycles. The number of nitrogens with one attached hydrogen (secondary N) is 2. The van der Waals surface area contributed by atoms with Crippen LogP contribution in [0.3, 0.4) is 0 Å². The third kappa shape index (κ3) is 4.71. The van der Waals surface area contributed by atoms with Crippen LogP contribution in [0.5, 0.6) is 5.75 Å². The number of amides is 2. The highest BCUT2D eigenvalue weighted by Gasteiger charge is 2.23. The maximum Gasteiger partial charge on any atom is 0.265 e. The molecule has 3 aromatic rings. The Morgan fingerprint density at radius 1 is 1.28 bits per heavy atom. The normalized spacial score (nSPS) is 13.7. The molecular weight excluding hydrogens is 457 g/mol. The minimum absolute atomic E-state index is 0.0879. The molecule has 1 aromatic carbocycles. The van der Waals surface area contributed by atoms with Crippen molar-refractivity contribution in [2.75, 3.05) is 44.0 Å². The predicted octanol–water partition coefficient (Wildman–Crippen LogP) is 3.52. The van der Waals surface area contributed by atoms with E-state index in [1.807, 2.05) is 0 Å². The van der Waals surface area contributed by atoms with E-state index >= 15 is 0 Å². The lowest BCUT2D eigenvalue weighted by Crippen LogP contribution is -2.40. The molecule has 0 atom stereocenters. The number of thiazole rings is 1. The first-order valence-corrected chi connectivity index (χ1v) is 11.3. The van der Waals surface area contributed by atoms with Crippen molar-refractivity contribution in [3.05, 3.63) is 46.3 Å². The number of methoxy groups -OCH3 is 1. The average molecular weight is 478 g/mol. The van der Waals surface area contributed by atoms with E-state index in [1.54, 1.807) is 17.9 Å². The molecule has 0 aliphatic carbocycles. The zero-order valence-corrected chi connectivity index (χ0v) is 18.9. The predicted molar refractivity (Wildman–Crippen MR) is 120 cm³/mol. The van der Waals surface area contributed by atoms with E-state index in [-0.39, 0.29) is 17.3 Å². The smallest absolute Gasteiger partial charge is 0.265 e. The molecule has 0 bridgehead atoms. The highest BCUT2D eigenvalue weighted by atomic mass is 32.1. The van der Waals surface area contributed by atoms with Gasteiger partial charge < -0.3 is 25.0 Å². The van der Waals surface area contributed by atoms with Crippen LogP contribution in [0.1, 0.15) is 25.7 Å². The summed E-state index contributed by atoms with van der Waals surface area (Å²) in [4.78, 5) is 32.0. The summed E-state index contributed by atoms with van der Waals surface area (Å²) in [6, 6.07) is 4.17. The molecule has 1 aliphatic heterocycles. The fourth-order valence-electron chi connectivity index (χ4n) is 3.11. The number of hydrogen-bond acceptors (Lipinski definition) is 9. The van der Waals surface area contributed by atoms with Crippen LogP contribution in [-0.2, 0) is 4.74 Å². The lowest BCUT2D eigenvalue weighted by Gasteiger charge is -2.26. The maximum atomic E-state index is 13.9. The lowest BCUT2D eigenvalue weighted by atomic mass is 10.2. The van der Waals surface area contributed by atoms with Crippen LogP contribution in [0.15, 0.2) is 24.4 Å². The van der Waals surface area contributed by atoms with Gasteiger partial charge in [-0.1, -0.05) is 11.3 Å². The van der Waals surface area contributed by atoms with Gasteiger partial charge in [0.15, 0.2) is 16.7 Å². The van der Waals surface area contributed by atoms with Gasteiger partial charge in [-0.05, 0) is 30.6 Å². The molecule has 1 aliphatic rings. The molecule has 2 amide bonds. The quantitative estimate of drug-likeness (QED) is 0.560. The number of benzene rings is 1. The Hall–Kier alpha value is -3.09. The fraction of sp³-hybridized carbons (Fsp3) is 0.300. The van der Waals surface area contributed by atoms with E-state index in [2.05, 4.69) is 20.0 Å². The van der Waals surface area contributed by atoms with Crippen molar-refractivity contribution < 1.29 is 23.5 Å². The zero-order chi connectivity index (χ0) is 22.7. The van der Waals surface area contributed by atoms with E-state index in [9.17, 15) is 14.0 Å². The van der Waals surface area contributed by atoms with Gasteiger partial charge in [-0.2, -0.15) is 4.37 Å². The summed E-state index contributed by atoms with van der Waals surface area (Å²) in [7, 11) is 1.37. The Morgan fingerprint density at radius 3 is 2.78 bits per heavy atom. The number of ether oxygens (including phenoxy) is 2. The van der Waals surface area contributed by atoms with Crippen LogP contribution in [0, 0.1) is 12.7 Å². The van der Waals surface area contributed by atoms with E-state index in [1.165, 1.54) is 36.8 Å². The van der Waals surface area contributed by atoms with Gasteiger partial charge in [0.05, 0.1) is 37.8 Å². The SMILES string of the molecule is COc1ccc(NC(=O)c2c(C)nsc2Nc2ncc(C(=O)N3CCOCC3)s2)cc1F. The van der Waals surface area contributed by atoms with E-state index in [0.717, 1.165) is 11.5 Å². The van der Waals surface area contributed by atoms with Gasteiger partial charge in [0.2, 0.25) is 0 Å². The minimum atomic E-state index is -0.580. The van der Waals surface area contributed by atoms with Crippen molar-refractivity contribution in [1.82, 2.24) is 14.3 Å². The van der Waals surface area contributed by atoms with Gasteiger partial charge >= 0.3 is 0 Å². The van der Waals surface area contributed by atoms with Crippen LogP contribution in [0.4, 0.5) is 20.2 Å². The fourth-order valence-corrected chi connectivity index (χ4v) is 4.76. The number of halogens is 1. The molecule has 9 nitrogen and oxygen atoms in total. The monoisotopic (exact) mass is 477 g/mol. The minimum Gasteiger partial charge on any atom is -0.494 e. The topological polar surface area (TPSA) is 106 Å². The van der Waals surface area contributed by atoms with Crippen molar-refractivity contribution in [2.24, 2.45) is 0 Å². The summed E-state index contributed by atoms with van der Waals surface area (Å²) >= 11 is 2.30. The Labute approximate surface area is 191 Å². The third-order valence-corrected chi connectivity index (χ3v) is 6.49. The number of aromatic nitrogens is 2. The summed E-state index contributed by atoms with van der Waals surface area (Å²) in [5, 5.41) is 6.70. The molecule has 4 rings (SSSR count). The molecule has 0 saturated carbocycles. The molecule has 0 radical (unpaired) electrons. The number of carbonyl (C=O) groups excluding carboxylic acids is 2. The van der Waals surface area contributed by atoms with E-state index in [0.29, 0.717) is 52.6 Å². The van der Waals surface area contributed by atoms with Crippen molar-refractivity contribution in [2.45, 2.75) is 6.92 Å². The standard InChI is InChI=1S/C20H20FN5O4S2/c1-11-16(17(27)23-12-3-4-14(29-2)13(21)9-12)18(32-25-11)24-20-22-10-15(31-20)19(28)26-5-7-30-8-6-26/h3-4,9-10H,5-8H2,1-2H3,(H,22,24)(H,23,27). The molecule has 1 fully saturated rings. The van der Waals surface area contributed by atoms with E-state index < -0.39 is 11.7 Å².